The molecule has 1 aromatic heterocycles. The number of nitrogens with zero attached hydrogens (tertiary/aromatic N) is 2. The van der Waals surface area contributed by atoms with Crippen LogP contribution in [0.25, 0.3) is 16.7 Å². The summed E-state index contributed by atoms with van der Waals surface area (Å²) in [6.07, 6.45) is 13.6. The number of para-hydroxylation sites is 2. The Balaban J connectivity index is 1.40. The maximum absolute atomic E-state index is 12.3. The number of fused-ring (bicyclic) bond motifs is 6. The molecule has 2 aromatic rings. The third-order valence-electron chi connectivity index (χ3n) is 10.4. The van der Waals surface area contributed by atoms with Gasteiger partial charge in [0.25, 0.3) is 0 Å². The lowest BCUT2D eigenvalue weighted by molar-refractivity contribution is -0.107. The minimum absolute atomic E-state index is 0.0754. The van der Waals surface area contributed by atoms with Crippen molar-refractivity contribution in [3.8, 4) is 0 Å². The van der Waals surface area contributed by atoms with Crippen LogP contribution in [0, 0.1) is 40.4 Å². The van der Waals surface area contributed by atoms with E-state index in [1.165, 1.54) is 50.6 Å². The average molecular weight is 417 g/mol. The van der Waals surface area contributed by atoms with Gasteiger partial charge in [0.15, 0.2) is 0 Å². The Kier molecular flexibility index (Phi) is 4.33. The van der Waals surface area contributed by atoms with Gasteiger partial charge in [-0.3, -0.25) is 4.79 Å². The number of rotatable bonds is 2. The molecule has 4 aliphatic rings. The van der Waals surface area contributed by atoms with Gasteiger partial charge >= 0.3 is 0 Å². The summed E-state index contributed by atoms with van der Waals surface area (Å²) in [7, 11) is 0. The fourth-order valence-corrected chi connectivity index (χ4v) is 8.83. The Morgan fingerprint density at radius 2 is 1.90 bits per heavy atom. The maximum Gasteiger partial charge on any atom is 0.147 e. The van der Waals surface area contributed by atoms with E-state index in [4.69, 9.17) is 0 Å². The van der Waals surface area contributed by atoms with Crippen molar-refractivity contribution in [3.05, 3.63) is 36.2 Å². The average Bonchev–Trinajstić information content (AvgIpc) is 3.31. The summed E-state index contributed by atoms with van der Waals surface area (Å²) < 4.78 is 2.26. The van der Waals surface area contributed by atoms with Crippen LogP contribution in [-0.4, -0.2) is 15.8 Å². The van der Waals surface area contributed by atoms with E-state index >= 15 is 0 Å². The highest BCUT2D eigenvalue weighted by molar-refractivity contribution is 5.90. The lowest BCUT2D eigenvalue weighted by atomic mass is 9.44. The molecule has 3 saturated carbocycles. The first-order valence-corrected chi connectivity index (χ1v) is 12.6. The third kappa shape index (κ3) is 2.64. The number of hydrogen-bond donors (Lipinski definition) is 0. The second-order valence-electron chi connectivity index (χ2n) is 11.8. The summed E-state index contributed by atoms with van der Waals surface area (Å²) in [6.45, 7) is 7.56. The van der Waals surface area contributed by atoms with Gasteiger partial charge in [0, 0.05) is 16.7 Å². The number of carbonyl (C=O) groups is 1. The Bertz CT molecular complexity index is 1070. The lowest BCUT2D eigenvalue weighted by Crippen LogP contribution is -2.53. The molecule has 0 spiro atoms. The van der Waals surface area contributed by atoms with Crippen molar-refractivity contribution in [3.63, 3.8) is 0 Å². The van der Waals surface area contributed by atoms with Gasteiger partial charge in [-0.05, 0) is 92.1 Å². The monoisotopic (exact) mass is 416 g/mol. The molecule has 0 bridgehead atoms. The van der Waals surface area contributed by atoms with Crippen LogP contribution < -0.4 is 0 Å². The number of imidazole rings is 1. The molecule has 0 N–H and O–H groups in total. The molecular formula is C28H36N2O. The van der Waals surface area contributed by atoms with E-state index < -0.39 is 0 Å². The fraction of sp³-hybridized carbons (Fsp3) is 0.643. The van der Waals surface area contributed by atoms with Crippen molar-refractivity contribution >= 4 is 23.0 Å². The van der Waals surface area contributed by atoms with Crippen molar-refractivity contribution in [2.75, 3.05) is 0 Å². The van der Waals surface area contributed by atoms with E-state index in [2.05, 4.69) is 48.5 Å². The van der Waals surface area contributed by atoms with Crippen LogP contribution in [0.5, 0.6) is 0 Å². The molecule has 0 radical (unpaired) electrons. The Morgan fingerprint density at radius 1 is 1.06 bits per heavy atom. The van der Waals surface area contributed by atoms with Gasteiger partial charge in [-0.15, -0.1) is 0 Å². The number of aldehydes is 1. The normalized spacial score (nSPS) is 42.2. The molecule has 164 valence electrons. The van der Waals surface area contributed by atoms with Crippen LogP contribution in [0.15, 0.2) is 36.2 Å². The summed E-state index contributed by atoms with van der Waals surface area (Å²) >= 11 is 0. The predicted octanol–water partition coefficient (Wildman–Crippen LogP) is 6.74. The minimum Gasteiger partial charge on any atom is -0.302 e. The van der Waals surface area contributed by atoms with Gasteiger partial charge in [-0.25, -0.2) is 4.98 Å². The van der Waals surface area contributed by atoms with Gasteiger partial charge < -0.3 is 4.57 Å². The standard InChI is InChI=1S/C28H36N2O/c1-18-10-12-27(2)20(14-18)8-9-21-22(27)11-13-28(3)23(21)15-19(16-31)26(28)30-17-29-24-6-4-5-7-25(24)30/h4-7,16-18,20-23H,8-15H2,1-3H3/t18-,20-,21?,22?,23?,27-,28-/m0/s1. The zero-order valence-corrected chi connectivity index (χ0v) is 19.3. The quantitative estimate of drug-likeness (QED) is 0.508. The molecule has 7 atom stereocenters. The molecule has 3 heteroatoms. The van der Waals surface area contributed by atoms with E-state index in [9.17, 15) is 4.79 Å². The highest BCUT2D eigenvalue weighted by atomic mass is 16.1. The summed E-state index contributed by atoms with van der Waals surface area (Å²) in [4.78, 5) is 17.0. The molecule has 1 heterocycles. The van der Waals surface area contributed by atoms with Crippen LogP contribution >= 0.6 is 0 Å². The maximum atomic E-state index is 12.3. The molecule has 4 aliphatic carbocycles. The van der Waals surface area contributed by atoms with Crippen LogP contribution in [0.4, 0.5) is 0 Å². The molecule has 0 amide bonds. The van der Waals surface area contributed by atoms with E-state index in [1.54, 1.807) is 0 Å². The molecule has 3 nitrogen and oxygen atoms in total. The lowest BCUT2D eigenvalue weighted by Gasteiger charge is -2.60. The van der Waals surface area contributed by atoms with Gasteiger partial charge in [0.1, 0.15) is 12.6 Å². The number of benzene rings is 1. The van der Waals surface area contributed by atoms with Crippen molar-refractivity contribution in [2.45, 2.75) is 72.1 Å². The van der Waals surface area contributed by atoms with Gasteiger partial charge in [0.05, 0.1) is 11.0 Å². The molecule has 6 rings (SSSR count). The molecule has 3 fully saturated rings. The first-order chi connectivity index (χ1) is 15.0. The molecule has 0 saturated heterocycles. The minimum atomic E-state index is 0.0754. The largest absolute Gasteiger partial charge is 0.302 e. The van der Waals surface area contributed by atoms with Crippen LogP contribution in [0.2, 0.25) is 0 Å². The first-order valence-electron chi connectivity index (χ1n) is 12.6. The smallest absolute Gasteiger partial charge is 0.147 e. The Hall–Kier alpha value is -1.90. The van der Waals surface area contributed by atoms with Crippen LogP contribution in [-0.2, 0) is 4.79 Å². The summed E-state index contributed by atoms with van der Waals surface area (Å²) in [5, 5.41) is 0. The summed E-state index contributed by atoms with van der Waals surface area (Å²) in [6, 6.07) is 8.35. The van der Waals surface area contributed by atoms with E-state index in [0.29, 0.717) is 11.3 Å². The van der Waals surface area contributed by atoms with Crippen molar-refractivity contribution < 1.29 is 4.79 Å². The van der Waals surface area contributed by atoms with E-state index in [-0.39, 0.29) is 5.41 Å². The van der Waals surface area contributed by atoms with Crippen LogP contribution in [0.3, 0.4) is 0 Å². The molecule has 3 unspecified atom stereocenters. The predicted molar refractivity (Wildman–Crippen MR) is 125 cm³/mol. The zero-order chi connectivity index (χ0) is 21.4. The number of carbonyl (C=O) groups excluding carboxylic acids is 1. The zero-order valence-electron chi connectivity index (χ0n) is 19.3. The Labute approximate surface area is 186 Å². The SMILES string of the molecule is C[C@H]1CC[C@]2(C)C3CC[C@]4(C)C(n5cnc6ccccc65)=C(C=O)CC4C3CC[C@H]2C1. The molecule has 1 aromatic carbocycles. The topological polar surface area (TPSA) is 34.9 Å². The first kappa shape index (κ1) is 19.8. The van der Waals surface area contributed by atoms with E-state index in [0.717, 1.165) is 53.0 Å². The number of hydrogen-bond acceptors (Lipinski definition) is 2. The number of allylic oxidation sites excluding steroid dienone is 2. The summed E-state index contributed by atoms with van der Waals surface area (Å²) in [5.41, 5.74) is 5.03. The molecule has 0 aliphatic heterocycles. The van der Waals surface area contributed by atoms with Crippen molar-refractivity contribution in [1.29, 1.82) is 0 Å². The van der Waals surface area contributed by atoms with Crippen LogP contribution in [0.1, 0.15) is 72.1 Å². The van der Waals surface area contributed by atoms with Gasteiger partial charge in [0.2, 0.25) is 0 Å². The summed E-state index contributed by atoms with van der Waals surface area (Å²) in [5.74, 6) is 4.01. The van der Waals surface area contributed by atoms with Crippen molar-refractivity contribution in [1.82, 2.24) is 9.55 Å². The molecular weight excluding hydrogens is 380 g/mol. The highest BCUT2D eigenvalue weighted by Crippen LogP contribution is 2.68. The highest BCUT2D eigenvalue weighted by Gasteiger charge is 2.59. The fourth-order valence-electron chi connectivity index (χ4n) is 8.83. The van der Waals surface area contributed by atoms with E-state index in [1.807, 2.05) is 12.4 Å². The van der Waals surface area contributed by atoms with Gasteiger partial charge in [-0.1, -0.05) is 39.3 Å². The third-order valence-corrected chi connectivity index (χ3v) is 10.4. The van der Waals surface area contributed by atoms with Gasteiger partial charge in [-0.2, -0.15) is 0 Å². The Morgan fingerprint density at radius 3 is 2.74 bits per heavy atom. The number of aromatic nitrogens is 2. The molecule has 31 heavy (non-hydrogen) atoms. The second-order valence-corrected chi connectivity index (χ2v) is 11.8. The van der Waals surface area contributed by atoms with Crippen molar-refractivity contribution in [2.24, 2.45) is 40.4 Å². The second kappa shape index (κ2) is 6.80.